The van der Waals surface area contributed by atoms with E-state index in [9.17, 15) is 9.59 Å². The Morgan fingerprint density at radius 1 is 0.968 bits per heavy atom. The van der Waals surface area contributed by atoms with Crippen molar-refractivity contribution in [3.63, 3.8) is 0 Å². The highest BCUT2D eigenvalue weighted by Crippen LogP contribution is 2.17. The molecule has 6 nitrogen and oxygen atoms in total. The molecule has 0 saturated heterocycles. The highest BCUT2D eigenvalue weighted by atomic mass is 16.5. The molecule has 31 heavy (non-hydrogen) atoms. The SMILES string of the molecule is COc1ccc(OCCCC(=O)N(Cc2ccccc2)[C@@H](C)C(=O)NCC(C)C)cc1. The van der Waals surface area contributed by atoms with Crippen molar-refractivity contribution in [3.8, 4) is 11.5 Å². The monoisotopic (exact) mass is 426 g/mol. The first-order valence-electron chi connectivity index (χ1n) is 10.8. The van der Waals surface area contributed by atoms with Crippen LogP contribution in [0.2, 0.25) is 0 Å². The summed E-state index contributed by atoms with van der Waals surface area (Å²) in [6.07, 6.45) is 0.876. The van der Waals surface area contributed by atoms with Gasteiger partial charge in [0.25, 0.3) is 0 Å². The number of amides is 2. The van der Waals surface area contributed by atoms with Gasteiger partial charge >= 0.3 is 0 Å². The summed E-state index contributed by atoms with van der Waals surface area (Å²) in [5, 5.41) is 2.93. The highest BCUT2D eigenvalue weighted by Gasteiger charge is 2.25. The summed E-state index contributed by atoms with van der Waals surface area (Å²) in [5.41, 5.74) is 0.994. The van der Waals surface area contributed by atoms with E-state index >= 15 is 0 Å². The van der Waals surface area contributed by atoms with E-state index in [1.807, 2.05) is 68.4 Å². The van der Waals surface area contributed by atoms with Gasteiger partial charge in [-0.15, -0.1) is 0 Å². The van der Waals surface area contributed by atoms with E-state index in [4.69, 9.17) is 9.47 Å². The molecule has 2 amide bonds. The Labute approximate surface area is 185 Å². The molecule has 0 aliphatic heterocycles. The minimum atomic E-state index is -0.547. The van der Waals surface area contributed by atoms with E-state index in [0.717, 1.165) is 17.1 Å². The number of benzene rings is 2. The van der Waals surface area contributed by atoms with Crippen LogP contribution in [0, 0.1) is 5.92 Å². The van der Waals surface area contributed by atoms with Gasteiger partial charge in [0.1, 0.15) is 17.5 Å². The maximum Gasteiger partial charge on any atom is 0.242 e. The van der Waals surface area contributed by atoms with Gasteiger partial charge in [-0.3, -0.25) is 9.59 Å². The van der Waals surface area contributed by atoms with Gasteiger partial charge in [-0.25, -0.2) is 0 Å². The lowest BCUT2D eigenvalue weighted by Crippen LogP contribution is -2.48. The third-order valence-corrected chi connectivity index (χ3v) is 4.91. The van der Waals surface area contributed by atoms with Gasteiger partial charge in [0.05, 0.1) is 13.7 Å². The van der Waals surface area contributed by atoms with Gasteiger partial charge in [-0.2, -0.15) is 0 Å². The quantitative estimate of drug-likeness (QED) is 0.520. The Hall–Kier alpha value is -3.02. The number of nitrogens with zero attached hydrogens (tertiary/aromatic N) is 1. The molecule has 0 heterocycles. The number of nitrogens with one attached hydrogen (secondary N) is 1. The number of methoxy groups -OCH3 is 1. The summed E-state index contributed by atoms with van der Waals surface area (Å²) < 4.78 is 10.9. The van der Waals surface area contributed by atoms with Crippen molar-refractivity contribution in [1.82, 2.24) is 10.2 Å². The largest absolute Gasteiger partial charge is 0.497 e. The molecular weight excluding hydrogens is 392 g/mol. The summed E-state index contributed by atoms with van der Waals surface area (Å²) in [4.78, 5) is 27.3. The number of carbonyl (C=O) groups excluding carboxylic acids is 2. The number of hydrogen-bond donors (Lipinski definition) is 1. The summed E-state index contributed by atoms with van der Waals surface area (Å²) in [6, 6.07) is 16.5. The number of rotatable bonds is 12. The first-order valence-corrected chi connectivity index (χ1v) is 10.8. The minimum Gasteiger partial charge on any atom is -0.497 e. The Kier molecular flexibility index (Phi) is 9.88. The maximum absolute atomic E-state index is 13.0. The molecule has 2 aromatic carbocycles. The molecule has 0 fully saturated rings. The molecule has 0 bridgehead atoms. The first-order chi connectivity index (χ1) is 14.9. The summed E-state index contributed by atoms with van der Waals surface area (Å²) in [7, 11) is 1.62. The summed E-state index contributed by atoms with van der Waals surface area (Å²) in [5.74, 6) is 1.66. The van der Waals surface area contributed by atoms with Crippen LogP contribution < -0.4 is 14.8 Å². The molecular formula is C25H34N2O4. The number of hydrogen-bond acceptors (Lipinski definition) is 4. The van der Waals surface area contributed by atoms with Crippen LogP contribution in [0.5, 0.6) is 11.5 Å². The van der Waals surface area contributed by atoms with Gasteiger partial charge in [0, 0.05) is 19.5 Å². The van der Waals surface area contributed by atoms with Crippen molar-refractivity contribution >= 4 is 11.8 Å². The molecule has 0 aliphatic rings. The van der Waals surface area contributed by atoms with Crippen LogP contribution in [-0.4, -0.2) is 43.0 Å². The van der Waals surface area contributed by atoms with E-state index < -0.39 is 6.04 Å². The Morgan fingerprint density at radius 3 is 2.23 bits per heavy atom. The summed E-state index contributed by atoms with van der Waals surface area (Å²) in [6.45, 7) is 7.28. The molecule has 0 spiro atoms. The lowest BCUT2D eigenvalue weighted by Gasteiger charge is -2.29. The normalized spacial score (nSPS) is 11.6. The van der Waals surface area contributed by atoms with Gasteiger partial charge < -0.3 is 19.7 Å². The molecule has 168 valence electrons. The molecule has 1 atom stereocenters. The second-order valence-electron chi connectivity index (χ2n) is 7.95. The predicted octanol–water partition coefficient (Wildman–Crippen LogP) is 4.04. The lowest BCUT2D eigenvalue weighted by molar-refractivity contribution is -0.140. The van der Waals surface area contributed by atoms with Gasteiger partial charge in [-0.1, -0.05) is 44.2 Å². The van der Waals surface area contributed by atoms with Crippen molar-refractivity contribution < 1.29 is 19.1 Å². The van der Waals surface area contributed by atoms with Crippen molar-refractivity contribution in [2.45, 2.75) is 46.2 Å². The second kappa shape index (κ2) is 12.6. The lowest BCUT2D eigenvalue weighted by atomic mass is 10.1. The molecule has 6 heteroatoms. The maximum atomic E-state index is 13.0. The number of ether oxygens (including phenoxy) is 2. The molecule has 2 rings (SSSR count). The highest BCUT2D eigenvalue weighted by molar-refractivity contribution is 5.87. The molecule has 0 aliphatic carbocycles. The number of carbonyl (C=O) groups is 2. The molecule has 1 N–H and O–H groups in total. The van der Waals surface area contributed by atoms with Crippen LogP contribution in [0.1, 0.15) is 39.2 Å². The van der Waals surface area contributed by atoms with E-state index in [1.165, 1.54) is 0 Å². The fraction of sp³-hybridized carbons (Fsp3) is 0.440. The molecule has 0 aromatic heterocycles. The Morgan fingerprint density at radius 2 is 1.61 bits per heavy atom. The zero-order chi connectivity index (χ0) is 22.6. The van der Waals surface area contributed by atoms with Crippen LogP contribution >= 0.6 is 0 Å². The fourth-order valence-electron chi connectivity index (χ4n) is 3.04. The molecule has 2 aromatic rings. The fourth-order valence-corrected chi connectivity index (χ4v) is 3.04. The van der Waals surface area contributed by atoms with Crippen molar-refractivity contribution in [2.24, 2.45) is 5.92 Å². The average molecular weight is 427 g/mol. The average Bonchev–Trinajstić information content (AvgIpc) is 2.79. The topological polar surface area (TPSA) is 67.9 Å². The second-order valence-corrected chi connectivity index (χ2v) is 7.95. The van der Waals surface area contributed by atoms with Crippen LogP contribution in [0.15, 0.2) is 54.6 Å². The predicted molar refractivity (Wildman–Crippen MR) is 122 cm³/mol. The summed E-state index contributed by atoms with van der Waals surface area (Å²) >= 11 is 0. The van der Waals surface area contributed by atoms with E-state index in [0.29, 0.717) is 38.5 Å². The van der Waals surface area contributed by atoms with Crippen molar-refractivity contribution in [3.05, 3.63) is 60.2 Å². The minimum absolute atomic E-state index is 0.0608. The smallest absolute Gasteiger partial charge is 0.242 e. The van der Waals surface area contributed by atoms with Crippen molar-refractivity contribution in [2.75, 3.05) is 20.3 Å². The van der Waals surface area contributed by atoms with E-state index in [2.05, 4.69) is 5.32 Å². The molecule has 0 saturated carbocycles. The van der Waals surface area contributed by atoms with Gasteiger partial charge in [0.2, 0.25) is 11.8 Å². The van der Waals surface area contributed by atoms with E-state index in [-0.39, 0.29) is 11.8 Å². The van der Waals surface area contributed by atoms with Crippen molar-refractivity contribution in [1.29, 1.82) is 0 Å². The molecule has 0 radical (unpaired) electrons. The van der Waals surface area contributed by atoms with Crippen LogP contribution in [-0.2, 0) is 16.1 Å². The third-order valence-electron chi connectivity index (χ3n) is 4.91. The van der Waals surface area contributed by atoms with E-state index in [1.54, 1.807) is 18.9 Å². The molecule has 0 unspecified atom stereocenters. The zero-order valence-electron chi connectivity index (χ0n) is 19.0. The van der Waals surface area contributed by atoms with Gasteiger partial charge in [-0.05, 0) is 49.1 Å². The van der Waals surface area contributed by atoms with Crippen LogP contribution in [0.25, 0.3) is 0 Å². The van der Waals surface area contributed by atoms with Crippen LogP contribution in [0.3, 0.4) is 0 Å². The third kappa shape index (κ3) is 8.32. The van der Waals surface area contributed by atoms with Gasteiger partial charge in [0.15, 0.2) is 0 Å². The standard InChI is InChI=1S/C25H34N2O4/c1-19(2)17-26-25(29)20(3)27(18-21-9-6-5-7-10-21)24(28)11-8-16-31-23-14-12-22(30-4)13-15-23/h5-7,9-10,12-15,19-20H,8,11,16-18H2,1-4H3,(H,26,29)/t20-/m0/s1. The Balaban J connectivity index is 1.93. The zero-order valence-corrected chi connectivity index (χ0v) is 19.0. The first kappa shape index (κ1) is 24.3. The Bertz CT molecular complexity index is 806. The van der Waals surface area contributed by atoms with Crippen LogP contribution in [0.4, 0.5) is 0 Å².